The van der Waals surface area contributed by atoms with Crippen molar-refractivity contribution >= 4 is 11.6 Å². The third-order valence-corrected chi connectivity index (χ3v) is 2.84. The van der Waals surface area contributed by atoms with E-state index < -0.39 is 0 Å². The zero-order valence-electron chi connectivity index (χ0n) is 11.8. The highest BCUT2D eigenvalue weighted by molar-refractivity contribution is 6.32. The zero-order valence-corrected chi connectivity index (χ0v) is 12.5. The molecule has 0 unspecified atom stereocenters. The predicted molar refractivity (Wildman–Crippen MR) is 78.4 cm³/mol. The van der Waals surface area contributed by atoms with E-state index in [1.54, 1.807) is 13.2 Å². The molecule has 0 radical (unpaired) electrons. The summed E-state index contributed by atoms with van der Waals surface area (Å²) < 4.78 is 21.1. The van der Waals surface area contributed by atoms with Gasteiger partial charge in [-0.05, 0) is 6.07 Å². The monoisotopic (exact) mass is 303 g/mol. The fourth-order valence-electron chi connectivity index (χ4n) is 1.54. The van der Waals surface area contributed by atoms with E-state index in [1.807, 2.05) is 12.1 Å². The van der Waals surface area contributed by atoms with Gasteiger partial charge in [-0.2, -0.15) is 0 Å². The lowest BCUT2D eigenvalue weighted by molar-refractivity contribution is 0.0179. The van der Waals surface area contributed by atoms with Gasteiger partial charge in [0.25, 0.3) is 0 Å². The molecule has 1 aromatic carbocycles. The standard InChI is InChI=1S/C14H22ClNO4/c1-17-5-6-18-7-8-19-9-10-20-14-12(11-16)3-2-4-13(14)15/h2-4H,5-11,16H2,1H3. The van der Waals surface area contributed by atoms with Gasteiger partial charge in [0.2, 0.25) is 0 Å². The molecule has 0 atom stereocenters. The van der Waals surface area contributed by atoms with Crippen molar-refractivity contribution < 1.29 is 18.9 Å². The van der Waals surface area contributed by atoms with Gasteiger partial charge in [0.05, 0.1) is 38.1 Å². The van der Waals surface area contributed by atoms with Gasteiger partial charge in [-0.1, -0.05) is 23.7 Å². The number of hydrogen-bond acceptors (Lipinski definition) is 5. The van der Waals surface area contributed by atoms with Crippen LogP contribution in [0, 0.1) is 0 Å². The molecule has 0 bridgehead atoms. The van der Waals surface area contributed by atoms with Crippen molar-refractivity contribution in [3.8, 4) is 5.75 Å². The van der Waals surface area contributed by atoms with E-state index in [4.69, 9.17) is 36.3 Å². The van der Waals surface area contributed by atoms with Gasteiger partial charge in [0.15, 0.2) is 0 Å². The molecule has 1 rings (SSSR count). The molecule has 1 aromatic rings. The van der Waals surface area contributed by atoms with Gasteiger partial charge in [-0.15, -0.1) is 0 Å². The van der Waals surface area contributed by atoms with E-state index in [-0.39, 0.29) is 0 Å². The Kier molecular flexibility index (Phi) is 9.36. The molecule has 0 aromatic heterocycles. The van der Waals surface area contributed by atoms with Crippen molar-refractivity contribution in [2.45, 2.75) is 6.54 Å². The first-order chi connectivity index (χ1) is 9.79. The average Bonchev–Trinajstić information content (AvgIpc) is 2.46. The van der Waals surface area contributed by atoms with Crippen molar-refractivity contribution in [1.29, 1.82) is 0 Å². The van der Waals surface area contributed by atoms with Crippen LogP contribution in [0.5, 0.6) is 5.75 Å². The molecule has 114 valence electrons. The highest BCUT2D eigenvalue weighted by atomic mass is 35.5. The van der Waals surface area contributed by atoms with Crippen molar-refractivity contribution in [3.63, 3.8) is 0 Å². The van der Waals surface area contributed by atoms with E-state index >= 15 is 0 Å². The molecule has 0 amide bonds. The average molecular weight is 304 g/mol. The third-order valence-electron chi connectivity index (χ3n) is 2.55. The smallest absolute Gasteiger partial charge is 0.142 e. The van der Waals surface area contributed by atoms with Crippen LogP contribution in [0.2, 0.25) is 5.02 Å². The van der Waals surface area contributed by atoms with Crippen LogP contribution in [0.25, 0.3) is 0 Å². The highest BCUT2D eigenvalue weighted by Gasteiger charge is 2.06. The van der Waals surface area contributed by atoms with Crippen LogP contribution >= 0.6 is 11.6 Å². The van der Waals surface area contributed by atoms with Gasteiger partial charge in [0.1, 0.15) is 12.4 Å². The first-order valence-electron chi connectivity index (χ1n) is 6.54. The van der Waals surface area contributed by atoms with Crippen LogP contribution in [0.1, 0.15) is 5.56 Å². The number of para-hydroxylation sites is 1. The molecule has 0 fully saturated rings. The maximum atomic E-state index is 6.07. The quantitative estimate of drug-likeness (QED) is 0.632. The molecule has 0 saturated heterocycles. The minimum absolute atomic E-state index is 0.393. The summed E-state index contributed by atoms with van der Waals surface area (Å²) in [5.74, 6) is 0.636. The second-order valence-corrected chi connectivity index (χ2v) is 4.41. The van der Waals surface area contributed by atoms with E-state index in [9.17, 15) is 0 Å². The SMILES string of the molecule is COCCOCCOCCOc1c(Cl)cccc1CN. The minimum atomic E-state index is 0.393. The van der Waals surface area contributed by atoms with E-state index in [1.165, 1.54) is 0 Å². The number of methoxy groups -OCH3 is 1. The summed E-state index contributed by atoms with van der Waals surface area (Å²) in [5, 5.41) is 0.566. The molecule has 0 aliphatic rings. The highest BCUT2D eigenvalue weighted by Crippen LogP contribution is 2.28. The summed E-state index contributed by atoms with van der Waals surface area (Å²) >= 11 is 6.07. The maximum Gasteiger partial charge on any atom is 0.142 e. The fourth-order valence-corrected chi connectivity index (χ4v) is 1.79. The van der Waals surface area contributed by atoms with Crippen LogP contribution in [0.4, 0.5) is 0 Å². The molecule has 0 heterocycles. The van der Waals surface area contributed by atoms with Crippen LogP contribution < -0.4 is 10.5 Å². The van der Waals surface area contributed by atoms with Gasteiger partial charge in [-0.3, -0.25) is 0 Å². The van der Waals surface area contributed by atoms with E-state index in [0.29, 0.717) is 57.0 Å². The largest absolute Gasteiger partial charge is 0.489 e. The lowest BCUT2D eigenvalue weighted by atomic mass is 10.2. The summed E-state index contributed by atoms with van der Waals surface area (Å²) in [7, 11) is 1.64. The van der Waals surface area contributed by atoms with Gasteiger partial charge in [0, 0.05) is 19.2 Å². The summed E-state index contributed by atoms with van der Waals surface area (Å²) in [5.41, 5.74) is 6.52. The Bertz CT molecular complexity index is 376. The van der Waals surface area contributed by atoms with Crippen LogP contribution in [-0.2, 0) is 20.8 Å². The van der Waals surface area contributed by atoms with Gasteiger partial charge >= 0.3 is 0 Å². The number of ether oxygens (including phenoxy) is 4. The zero-order chi connectivity index (χ0) is 14.6. The summed E-state index contributed by atoms with van der Waals surface area (Å²) in [4.78, 5) is 0. The molecular formula is C14H22ClNO4. The van der Waals surface area contributed by atoms with E-state index in [0.717, 1.165) is 5.56 Å². The maximum absolute atomic E-state index is 6.07. The number of rotatable bonds is 11. The second kappa shape index (κ2) is 10.9. The first-order valence-corrected chi connectivity index (χ1v) is 6.92. The Hall–Kier alpha value is -0.850. The van der Waals surface area contributed by atoms with Crippen LogP contribution in [0.15, 0.2) is 18.2 Å². The molecule has 20 heavy (non-hydrogen) atoms. The molecule has 0 aliphatic heterocycles. The minimum Gasteiger partial charge on any atom is -0.489 e. The molecular weight excluding hydrogens is 282 g/mol. The topological polar surface area (TPSA) is 62.9 Å². The molecule has 0 spiro atoms. The number of nitrogens with two attached hydrogens (primary N) is 1. The number of benzene rings is 1. The lowest BCUT2D eigenvalue weighted by Gasteiger charge is -2.12. The van der Waals surface area contributed by atoms with Crippen molar-refractivity contribution in [3.05, 3.63) is 28.8 Å². The Morgan fingerprint density at radius 1 is 1.00 bits per heavy atom. The predicted octanol–water partition coefficient (Wildman–Crippen LogP) is 1.86. The summed E-state index contributed by atoms with van der Waals surface area (Å²) in [6.07, 6.45) is 0. The van der Waals surface area contributed by atoms with Crippen LogP contribution in [-0.4, -0.2) is 46.8 Å². The fraction of sp³-hybridized carbons (Fsp3) is 0.571. The first kappa shape index (κ1) is 17.2. The Labute approximate surface area is 124 Å². The normalized spacial score (nSPS) is 10.8. The van der Waals surface area contributed by atoms with Gasteiger partial charge < -0.3 is 24.7 Å². The Morgan fingerprint density at radius 2 is 1.65 bits per heavy atom. The van der Waals surface area contributed by atoms with Crippen LogP contribution in [0.3, 0.4) is 0 Å². The number of hydrogen-bond donors (Lipinski definition) is 1. The number of halogens is 1. The molecule has 5 nitrogen and oxygen atoms in total. The Balaban J connectivity index is 2.12. The summed E-state index contributed by atoms with van der Waals surface area (Å²) in [6.45, 7) is 3.54. The summed E-state index contributed by atoms with van der Waals surface area (Å²) in [6, 6.07) is 5.53. The van der Waals surface area contributed by atoms with Crippen molar-refractivity contribution in [2.75, 3.05) is 46.8 Å². The molecule has 6 heteroatoms. The van der Waals surface area contributed by atoms with Crippen molar-refractivity contribution in [1.82, 2.24) is 0 Å². The second-order valence-electron chi connectivity index (χ2n) is 4.00. The molecule has 0 aliphatic carbocycles. The van der Waals surface area contributed by atoms with Crippen molar-refractivity contribution in [2.24, 2.45) is 5.73 Å². The van der Waals surface area contributed by atoms with Gasteiger partial charge in [-0.25, -0.2) is 0 Å². The molecule has 2 N–H and O–H groups in total. The Morgan fingerprint density at radius 3 is 2.30 bits per heavy atom. The lowest BCUT2D eigenvalue weighted by Crippen LogP contribution is -2.13. The molecule has 0 saturated carbocycles. The third kappa shape index (κ3) is 6.54. The van der Waals surface area contributed by atoms with E-state index in [2.05, 4.69) is 0 Å².